The molecule has 9 heteroatoms. The zero-order valence-corrected chi connectivity index (χ0v) is 22.3. The van der Waals surface area contributed by atoms with Crippen LogP contribution in [0.4, 0.5) is 21.6 Å². The summed E-state index contributed by atoms with van der Waals surface area (Å²) in [6.45, 7) is 3.69. The minimum atomic E-state index is -0.950. The second kappa shape index (κ2) is 10.8. The van der Waals surface area contributed by atoms with E-state index in [1.165, 1.54) is 17.4 Å². The molecule has 1 amide bonds. The van der Waals surface area contributed by atoms with Crippen LogP contribution in [-0.4, -0.2) is 41.8 Å². The van der Waals surface area contributed by atoms with Crippen LogP contribution in [-0.2, 0) is 11.2 Å². The fourth-order valence-electron chi connectivity index (χ4n) is 5.14. The first-order valence-corrected chi connectivity index (χ1v) is 13.8. The van der Waals surface area contributed by atoms with E-state index in [1.54, 1.807) is 19.1 Å². The van der Waals surface area contributed by atoms with Gasteiger partial charge >= 0.3 is 0 Å². The molecular weight excluding hydrogens is 515 g/mol. The minimum absolute atomic E-state index is 0.200. The largest absolute Gasteiger partial charge is 0.379 e. The molecule has 4 heterocycles. The van der Waals surface area contributed by atoms with Crippen molar-refractivity contribution >= 4 is 34.4 Å². The number of rotatable bonds is 6. The van der Waals surface area contributed by atoms with Gasteiger partial charge in [0.2, 0.25) is 0 Å². The second-order valence-electron chi connectivity index (χ2n) is 9.84. The smallest absolute Gasteiger partial charge is 0.265 e. The molecule has 2 aliphatic heterocycles. The minimum Gasteiger partial charge on any atom is -0.379 e. The number of carbonyl (C=O) groups excluding carboxylic acids is 1. The van der Waals surface area contributed by atoms with E-state index in [0.717, 1.165) is 34.7 Å². The monoisotopic (exact) mass is 544 g/mol. The highest BCUT2D eigenvalue weighted by molar-refractivity contribution is 7.17. The maximum Gasteiger partial charge on any atom is 0.265 e. The van der Waals surface area contributed by atoms with Gasteiger partial charge in [-0.25, -0.2) is 9.37 Å². The number of thiophene rings is 1. The van der Waals surface area contributed by atoms with Crippen LogP contribution in [0.1, 0.15) is 39.1 Å². The predicted molar refractivity (Wildman–Crippen MR) is 152 cm³/mol. The van der Waals surface area contributed by atoms with E-state index >= 15 is 0 Å². The van der Waals surface area contributed by atoms with Crippen molar-refractivity contribution in [2.45, 2.75) is 32.0 Å². The van der Waals surface area contributed by atoms with Gasteiger partial charge in [-0.15, -0.1) is 11.3 Å². The van der Waals surface area contributed by atoms with Gasteiger partial charge in [-0.2, -0.15) is 0 Å². The fraction of sp³-hybridized carbons (Fsp3) is 0.267. The van der Waals surface area contributed by atoms with E-state index in [0.29, 0.717) is 41.5 Å². The summed E-state index contributed by atoms with van der Waals surface area (Å²) in [6, 6.07) is 20.3. The number of nitrogens with one attached hydrogen (secondary N) is 2. The fourth-order valence-corrected chi connectivity index (χ4v) is 6.28. The predicted octanol–water partition coefficient (Wildman–Crippen LogP) is 5.76. The van der Waals surface area contributed by atoms with Crippen molar-refractivity contribution < 1.29 is 19.0 Å². The summed E-state index contributed by atoms with van der Waals surface area (Å²) in [5.74, 6) is -0.0808. The number of nitrogens with zero attached hydrogens (tertiary/aromatic N) is 2. The highest BCUT2D eigenvalue weighted by Gasteiger charge is 2.28. The molecule has 1 saturated heterocycles. The van der Waals surface area contributed by atoms with Crippen molar-refractivity contribution in [3.05, 3.63) is 94.2 Å². The normalized spacial score (nSPS) is 17.2. The second-order valence-corrected chi connectivity index (χ2v) is 10.9. The van der Waals surface area contributed by atoms with E-state index in [9.17, 15) is 14.3 Å². The molecular formula is C30H29FN4O3S. The van der Waals surface area contributed by atoms with E-state index < -0.39 is 12.0 Å². The van der Waals surface area contributed by atoms with Crippen molar-refractivity contribution in [1.29, 1.82) is 0 Å². The number of fused-ring (bicyclic) bond motifs is 3. The molecule has 2 aliphatic rings. The topological polar surface area (TPSA) is 86.7 Å². The molecule has 6 rings (SSSR count). The Kier molecular flexibility index (Phi) is 7.03. The van der Waals surface area contributed by atoms with Gasteiger partial charge in [0.25, 0.3) is 5.91 Å². The van der Waals surface area contributed by atoms with Gasteiger partial charge in [0.1, 0.15) is 11.6 Å². The Morgan fingerprint density at radius 2 is 2.03 bits per heavy atom. The number of para-hydroxylation sites is 2. The lowest BCUT2D eigenvalue weighted by Gasteiger charge is -2.30. The molecule has 2 atom stereocenters. The van der Waals surface area contributed by atoms with Crippen LogP contribution in [0.2, 0.25) is 0 Å². The van der Waals surface area contributed by atoms with Gasteiger partial charge in [0.15, 0.2) is 6.23 Å². The Hall–Kier alpha value is -3.79. The van der Waals surface area contributed by atoms with Crippen molar-refractivity contribution in [2.24, 2.45) is 0 Å². The summed E-state index contributed by atoms with van der Waals surface area (Å²) in [6.07, 6.45) is 0.602. The highest BCUT2D eigenvalue weighted by atomic mass is 32.1. The average molecular weight is 545 g/mol. The van der Waals surface area contributed by atoms with E-state index in [4.69, 9.17) is 9.72 Å². The first-order chi connectivity index (χ1) is 19.0. The number of benzene rings is 2. The van der Waals surface area contributed by atoms with Gasteiger partial charge in [0.05, 0.1) is 28.9 Å². The Labute approximate surface area is 230 Å². The quantitative estimate of drug-likeness (QED) is 0.286. The third-order valence-corrected chi connectivity index (χ3v) is 8.39. The number of ether oxygens (including phenoxy) is 1. The number of pyridine rings is 1. The number of hydrogen-bond acceptors (Lipinski definition) is 7. The summed E-state index contributed by atoms with van der Waals surface area (Å²) < 4.78 is 19.8. The van der Waals surface area contributed by atoms with Crippen molar-refractivity contribution in [3.8, 4) is 10.4 Å². The van der Waals surface area contributed by atoms with E-state index in [-0.39, 0.29) is 17.6 Å². The molecule has 7 nitrogen and oxygen atoms in total. The first-order valence-electron chi connectivity index (χ1n) is 13.0. The molecule has 1 fully saturated rings. The van der Waals surface area contributed by atoms with Crippen LogP contribution in [0.3, 0.4) is 0 Å². The molecule has 0 aliphatic carbocycles. The van der Waals surface area contributed by atoms with E-state index in [2.05, 4.69) is 10.6 Å². The van der Waals surface area contributed by atoms with Gasteiger partial charge in [0, 0.05) is 29.3 Å². The number of anilines is 3. The van der Waals surface area contributed by atoms with Gasteiger partial charge in [-0.3, -0.25) is 4.79 Å². The molecule has 0 saturated carbocycles. The van der Waals surface area contributed by atoms with Crippen LogP contribution >= 0.6 is 11.3 Å². The van der Waals surface area contributed by atoms with Crippen LogP contribution in [0, 0.1) is 12.7 Å². The number of aromatic nitrogens is 1. The Morgan fingerprint density at radius 3 is 2.85 bits per heavy atom. The molecule has 39 heavy (non-hydrogen) atoms. The highest BCUT2D eigenvalue weighted by Crippen LogP contribution is 2.43. The van der Waals surface area contributed by atoms with Gasteiger partial charge in [-0.05, 0) is 61.2 Å². The average Bonchev–Trinajstić information content (AvgIpc) is 3.59. The Morgan fingerprint density at radius 1 is 1.18 bits per heavy atom. The van der Waals surface area contributed by atoms with E-state index in [1.807, 2.05) is 53.4 Å². The third-order valence-electron chi connectivity index (χ3n) is 7.19. The van der Waals surface area contributed by atoms with Crippen LogP contribution in [0.5, 0.6) is 0 Å². The molecule has 2 aromatic carbocycles. The lowest BCUT2D eigenvalue weighted by atomic mass is 10.1. The van der Waals surface area contributed by atoms with Gasteiger partial charge < -0.3 is 25.4 Å². The summed E-state index contributed by atoms with van der Waals surface area (Å²) in [5.41, 5.74) is 4.24. The number of amides is 1. The molecule has 4 aromatic rings. The molecule has 0 bridgehead atoms. The maximum atomic E-state index is 14.3. The zero-order valence-electron chi connectivity index (χ0n) is 21.5. The van der Waals surface area contributed by atoms with Crippen molar-refractivity contribution in [3.63, 3.8) is 0 Å². The number of hydrogen-bond donors (Lipinski definition) is 3. The molecule has 0 spiro atoms. The summed E-state index contributed by atoms with van der Waals surface area (Å²) >= 11 is 1.38. The van der Waals surface area contributed by atoms with Crippen LogP contribution in [0.25, 0.3) is 10.4 Å². The zero-order chi connectivity index (χ0) is 26.9. The van der Waals surface area contributed by atoms with Crippen molar-refractivity contribution in [1.82, 2.24) is 4.98 Å². The molecule has 2 aromatic heterocycles. The third kappa shape index (κ3) is 5.13. The maximum absolute atomic E-state index is 14.3. The summed E-state index contributed by atoms with van der Waals surface area (Å²) in [7, 11) is 0. The molecule has 3 N–H and O–H groups in total. The van der Waals surface area contributed by atoms with Crippen molar-refractivity contribution in [2.75, 3.05) is 35.3 Å². The van der Waals surface area contributed by atoms with Gasteiger partial charge in [-0.1, -0.05) is 36.4 Å². The lowest BCUT2D eigenvalue weighted by Crippen LogP contribution is -2.31. The van der Waals surface area contributed by atoms with Crippen LogP contribution in [0.15, 0.2) is 66.7 Å². The SMILES string of the molecule is Cc1cccc(F)c1NC(=O)c1cc2c(s1)-c1ccccc1N(C(O)c1cccc(N[C@H]3CCOC3)n1)CC2. The number of aliphatic hydroxyl groups excluding tert-OH is 1. The first kappa shape index (κ1) is 25.5. The molecule has 0 radical (unpaired) electrons. The Bertz CT molecular complexity index is 1500. The number of halogens is 1. The summed E-state index contributed by atoms with van der Waals surface area (Å²) in [4.78, 5) is 21.3. The Balaban J connectivity index is 1.27. The molecule has 200 valence electrons. The number of aliphatic hydroxyl groups is 1. The number of carbonyl (C=O) groups is 1. The lowest BCUT2D eigenvalue weighted by molar-refractivity contribution is 0.103. The summed E-state index contributed by atoms with van der Waals surface area (Å²) in [5, 5.41) is 17.6. The standard InChI is InChI=1S/C30H29FN4O3S/c1-18-6-4-8-22(31)27(18)34-29(36)25-16-19-12-14-35(24-10-3-2-7-21(24)28(19)39-25)30(37)23-9-5-11-26(33-23)32-20-13-15-38-17-20/h2-11,16,20,30,37H,12-15,17H2,1H3,(H,32,33)(H,34,36)/t20-,30?/m0/s1. The van der Waals surface area contributed by atoms with Crippen LogP contribution < -0.4 is 15.5 Å². The molecule has 1 unspecified atom stereocenters. The number of aryl methyl sites for hydroxylation is 1.